The second-order valence-corrected chi connectivity index (χ2v) is 9.75. The molecule has 0 bridgehead atoms. The predicted octanol–water partition coefficient (Wildman–Crippen LogP) is 5.77. The molecule has 4 N–H and O–H groups in total. The lowest BCUT2D eigenvalue weighted by Gasteiger charge is -2.10. The monoisotopic (exact) mass is 587 g/mol. The molecular weight excluding hydrogens is 566 g/mol. The van der Waals surface area contributed by atoms with Crippen LogP contribution in [0, 0.1) is 6.92 Å². The molecule has 4 heterocycles. The molecule has 41 heavy (non-hydrogen) atoms. The lowest BCUT2D eigenvalue weighted by Crippen LogP contribution is -2.17. The van der Waals surface area contributed by atoms with Crippen LogP contribution in [0.1, 0.15) is 44.9 Å². The zero-order chi connectivity index (χ0) is 29.4. The summed E-state index contributed by atoms with van der Waals surface area (Å²) in [6.07, 6.45) is -1.21. The van der Waals surface area contributed by atoms with Crippen LogP contribution in [0.15, 0.2) is 42.6 Å². The number of aryl methyl sites for hydroxylation is 2. The average molecular weight is 588 g/mol. The van der Waals surface area contributed by atoms with Gasteiger partial charge in [-0.2, -0.15) is 19.0 Å². The number of nitrogens with zero attached hydrogens (tertiary/aromatic N) is 4. The van der Waals surface area contributed by atoms with Crippen molar-refractivity contribution in [2.75, 3.05) is 5.32 Å². The molecule has 0 unspecified atom stereocenters. The molecule has 0 aliphatic heterocycles. The Balaban J connectivity index is 1.56. The van der Waals surface area contributed by atoms with Crippen LogP contribution in [0.4, 0.5) is 23.2 Å². The van der Waals surface area contributed by atoms with E-state index in [9.17, 15) is 27.2 Å². The predicted molar refractivity (Wildman–Crippen MR) is 143 cm³/mol. The van der Waals surface area contributed by atoms with Crippen molar-refractivity contribution < 1.29 is 31.9 Å². The quantitative estimate of drug-likeness (QED) is 0.187. The van der Waals surface area contributed by atoms with Crippen molar-refractivity contribution in [1.29, 1.82) is 0 Å². The van der Waals surface area contributed by atoms with E-state index in [0.717, 1.165) is 11.3 Å². The third kappa shape index (κ3) is 5.48. The average Bonchev–Trinajstić information content (AvgIpc) is 3.65. The van der Waals surface area contributed by atoms with E-state index in [1.807, 2.05) is 6.92 Å². The Morgan fingerprint density at radius 3 is 2.49 bits per heavy atom. The fraction of sp³-hybridized carbons (Fsp3) is 0.192. The van der Waals surface area contributed by atoms with Gasteiger partial charge in [0.05, 0.1) is 17.1 Å². The van der Waals surface area contributed by atoms with Gasteiger partial charge in [0.15, 0.2) is 0 Å². The number of nitrogens with two attached hydrogens (primary N) is 1. The van der Waals surface area contributed by atoms with Crippen LogP contribution in [0.3, 0.4) is 0 Å². The Hall–Kier alpha value is -4.79. The van der Waals surface area contributed by atoms with Crippen molar-refractivity contribution in [2.45, 2.75) is 33.4 Å². The number of nitrogens with one attached hydrogen (secondary N) is 2. The molecule has 0 aliphatic carbocycles. The Morgan fingerprint density at radius 2 is 1.88 bits per heavy atom. The molecule has 15 heteroatoms. The highest BCUT2D eigenvalue weighted by molar-refractivity contribution is 7.21. The maximum absolute atomic E-state index is 13.8. The number of carbonyl (C=O) groups excluding carboxylic acids is 2. The number of fused-ring (bicyclic) bond motifs is 1. The van der Waals surface area contributed by atoms with Crippen LogP contribution in [0.25, 0.3) is 32.6 Å². The largest absolute Gasteiger partial charge is 0.435 e. The number of thiophene rings is 1. The maximum Gasteiger partial charge on any atom is 0.387 e. The van der Waals surface area contributed by atoms with Crippen LogP contribution in [0.5, 0.6) is 5.75 Å². The first-order valence-electron chi connectivity index (χ1n) is 12.1. The number of pyridine rings is 1. The minimum Gasteiger partial charge on any atom is -0.435 e. The van der Waals surface area contributed by atoms with Gasteiger partial charge >= 0.3 is 6.61 Å². The molecule has 2 amide bonds. The first-order valence-corrected chi connectivity index (χ1v) is 12.9. The third-order valence-electron chi connectivity index (χ3n) is 6.13. The van der Waals surface area contributed by atoms with E-state index in [2.05, 4.69) is 30.3 Å². The standard InChI is InChI=1S/C26H21F4N7O3S/c1-3-37-10-15(11(2)36-37)14-8-17(22(27)28)32-25-19(14)20(21(41-25)23(31)38)33-24(39)18-9-16(34-35-18)12-4-6-13(7-5-12)40-26(29)30/h4-10,22,26H,3H2,1-2H3,(H2,31,38)(H,33,39)(H,34,35). The number of halogens is 4. The molecular formula is C26H21F4N7O3S. The molecule has 0 atom stereocenters. The van der Waals surface area contributed by atoms with E-state index >= 15 is 0 Å². The molecule has 0 radical (unpaired) electrons. The zero-order valence-corrected chi connectivity index (χ0v) is 22.2. The van der Waals surface area contributed by atoms with Crippen molar-refractivity contribution in [1.82, 2.24) is 25.0 Å². The normalized spacial score (nSPS) is 11.5. The maximum atomic E-state index is 13.8. The van der Waals surface area contributed by atoms with E-state index in [4.69, 9.17) is 5.73 Å². The fourth-order valence-corrected chi connectivity index (χ4v) is 5.27. The summed E-state index contributed by atoms with van der Waals surface area (Å²) >= 11 is 0.784. The number of H-pyrrole nitrogens is 1. The van der Waals surface area contributed by atoms with Gasteiger partial charge in [0.1, 0.15) is 26.8 Å². The summed E-state index contributed by atoms with van der Waals surface area (Å²) in [5.41, 5.74) is 7.32. The summed E-state index contributed by atoms with van der Waals surface area (Å²) in [6.45, 7) is 1.15. The Morgan fingerprint density at radius 1 is 1.15 bits per heavy atom. The van der Waals surface area contributed by atoms with E-state index in [-0.39, 0.29) is 32.2 Å². The lowest BCUT2D eigenvalue weighted by molar-refractivity contribution is -0.0498. The van der Waals surface area contributed by atoms with E-state index in [0.29, 0.717) is 34.6 Å². The van der Waals surface area contributed by atoms with Crippen molar-refractivity contribution in [2.24, 2.45) is 5.73 Å². The van der Waals surface area contributed by atoms with Crippen LogP contribution in [0.2, 0.25) is 0 Å². The number of anilines is 1. The number of hydrogen-bond acceptors (Lipinski definition) is 7. The van der Waals surface area contributed by atoms with Gasteiger partial charge in [-0.25, -0.2) is 13.8 Å². The van der Waals surface area contributed by atoms with Crippen molar-refractivity contribution in [3.8, 4) is 28.1 Å². The van der Waals surface area contributed by atoms with Gasteiger partial charge in [0, 0.05) is 29.3 Å². The van der Waals surface area contributed by atoms with Crippen LogP contribution in [-0.2, 0) is 6.54 Å². The molecule has 0 fully saturated rings. The number of aromatic nitrogens is 5. The SMILES string of the molecule is CCn1cc(-c2cc(C(F)F)nc3sc(C(N)=O)c(NC(=O)c4cc(-c5ccc(OC(F)F)cc5)n[nH]4)c23)c(C)n1. The Labute approximate surface area is 233 Å². The molecule has 0 aliphatic rings. The fourth-order valence-electron chi connectivity index (χ4n) is 4.25. The van der Waals surface area contributed by atoms with Gasteiger partial charge in [-0.3, -0.25) is 19.4 Å². The second-order valence-electron chi connectivity index (χ2n) is 8.75. The van der Waals surface area contributed by atoms with E-state index < -0.39 is 30.5 Å². The molecule has 5 rings (SSSR count). The van der Waals surface area contributed by atoms with Crippen molar-refractivity contribution in [3.05, 3.63) is 64.6 Å². The van der Waals surface area contributed by atoms with Crippen molar-refractivity contribution >= 4 is 39.1 Å². The molecule has 0 spiro atoms. The second kappa shape index (κ2) is 11.0. The number of hydrogen-bond donors (Lipinski definition) is 3. The minimum atomic E-state index is -2.97. The molecule has 1 aromatic carbocycles. The first-order chi connectivity index (χ1) is 19.5. The molecule has 10 nitrogen and oxygen atoms in total. The topological polar surface area (TPSA) is 141 Å². The molecule has 5 aromatic rings. The molecule has 0 saturated heterocycles. The number of rotatable bonds is 9. The van der Waals surface area contributed by atoms with Crippen LogP contribution < -0.4 is 15.8 Å². The number of primary amides is 1. The van der Waals surface area contributed by atoms with Crippen LogP contribution >= 0.6 is 11.3 Å². The summed E-state index contributed by atoms with van der Waals surface area (Å²) in [4.78, 5) is 29.7. The summed E-state index contributed by atoms with van der Waals surface area (Å²) in [7, 11) is 0. The molecule has 4 aromatic heterocycles. The van der Waals surface area contributed by atoms with Gasteiger partial charge in [-0.15, -0.1) is 11.3 Å². The number of aromatic amines is 1. The summed E-state index contributed by atoms with van der Waals surface area (Å²) < 4.78 is 58.4. The highest BCUT2D eigenvalue weighted by Gasteiger charge is 2.27. The highest BCUT2D eigenvalue weighted by Crippen LogP contribution is 2.43. The van der Waals surface area contributed by atoms with E-state index in [1.54, 1.807) is 17.8 Å². The zero-order valence-electron chi connectivity index (χ0n) is 21.4. The highest BCUT2D eigenvalue weighted by atomic mass is 32.1. The van der Waals surface area contributed by atoms with Gasteiger partial charge in [-0.05, 0) is 55.8 Å². The Kier molecular flexibility index (Phi) is 7.45. The first kappa shape index (κ1) is 27.8. The van der Waals surface area contributed by atoms with E-state index in [1.165, 1.54) is 36.4 Å². The number of carbonyl (C=O) groups is 2. The molecule has 212 valence electrons. The number of benzene rings is 1. The smallest absolute Gasteiger partial charge is 0.387 e. The van der Waals surface area contributed by atoms with Gasteiger partial charge < -0.3 is 15.8 Å². The summed E-state index contributed by atoms with van der Waals surface area (Å²) in [5.74, 6) is -1.63. The van der Waals surface area contributed by atoms with Gasteiger partial charge in [-0.1, -0.05) is 0 Å². The van der Waals surface area contributed by atoms with Gasteiger partial charge in [0.2, 0.25) is 0 Å². The Bertz CT molecular complexity index is 1760. The summed E-state index contributed by atoms with van der Waals surface area (Å²) in [5, 5.41) is 14.0. The minimum absolute atomic E-state index is 0.00336. The third-order valence-corrected chi connectivity index (χ3v) is 7.22. The van der Waals surface area contributed by atoms with Crippen LogP contribution in [-0.4, -0.2) is 43.4 Å². The van der Waals surface area contributed by atoms with Crippen molar-refractivity contribution in [3.63, 3.8) is 0 Å². The number of amides is 2. The number of alkyl halides is 4. The summed E-state index contributed by atoms with van der Waals surface area (Å²) in [6, 6.07) is 8.27. The van der Waals surface area contributed by atoms with Gasteiger partial charge in [0.25, 0.3) is 18.2 Å². The molecule has 0 saturated carbocycles. The number of ether oxygens (including phenoxy) is 1. The lowest BCUT2D eigenvalue weighted by atomic mass is 10.0.